The SMILES string of the molecule is Cc1ccccc1CCNC(=O)C[NH+]1CC[C@H]2CCCC[C@@H]2C1. The monoisotopic (exact) mass is 315 g/mol. The van der Waals surface area contributed by atoms with Crippen LogP contribution in [-0.4, -0.2) is 32.1 Å². The predicted octanol–water partition coefficient (Wildman–Crippen LogP) is 1.75. The Hall–Kier alpha value is -1.35. The van der Waals surface area contributed by atoms with E-state index in [9.17, 15) is 4.79 Å². The van der Waals surface area contributed by atoms with Crippen molar-refractivity contribution in [2.75, 3.05) is 26.2 Å². The van der Waals surface area contributed by atoms with Gasteiger partial charge in [0.1, 0.15) is 0 Å². The third-order valence-corrected chi connectivity index (χ3v) is 5.87. The number of hydrogen-bond acceptors (Lipinski definition) is 1. The highest BCUT2D eigenvalue weighted by molar-refractivity contribution is 5.76. The minimum Gasteiger partial charge on any atom is -0.351 e. The summed E-state index contributed by atoms with van der Waals surface area (Å²) in [5.41, 5.74) is 2.65. The second-order valence-corrected chi connectivity index (χ2v) is 7.50. The number of aryl methyl sites for hydroxylation is 1. The van der Waals surface area contributed by atoms with E-state index >= 15 is 0 Å². The number of rotatable bonds is 5. The molecular formula is C20H31N2O+. The molecule has 0 radical (unpaired) electrons. The van der Waals surface area contributed by atoms with E-state index in [-0.39, 0.29) is 5.91 Å². The molecule has 3 heteroatoms. The molecule has 2 N–H and O–H groups in total. The van der Waals surface area contributed by atoms with Crippen LogP contribution < -0.4 is 10.2 Å². The van der Waals surface area contributed by atoms with Gasteiger partial charge in [-0.15, -0.1) is 0 Å². The first-order valence-corrected chi connectivity index (χ1v) is 9.37. The summed E-state index contributed by atoms with van der Waals surface area (Å²) in [6.07, 6.45) is 7.91. The van der Waals surface area contributed by atoms with Crippen molar-refractivity contribution in [3.05, 3.63) is 35.4 Å². The van der Waals surface area contributed by atoms with Gasteiger partial charge in [-0.05, 0) is 49.7 Å². The van der Waals surface area contributed by atoms with E-state index in [4.69, 9.17) is 0 Å². The lowest BCUT2D eigenvalue weighted by atomic mass is 9.75. The molecule has 1 saturated carbocycles. The Bertz CT molecular complexity index is 528. The van der Waals surface area contributed by atoms with Gasteiger partial charge in [-0.2, -0.15) is 0 Å². The number of hydrogen-bond donors (Lipinski definition) is 2. The van der Waals surface area contributed by atoms with Crippen molar-refractivity contribution in [3.63, 3.8) is 0 Å². The van der Waals surface area contributed by atoms with E-state index in [2.05, 4.69) is 36.5 Å². The number of quaternary nitrogens is 1. The van der Waals surface area contributed by atoms with Crippen LogP contribution >= 0.6 is 0 Å². The van der Waals surface area contributed by atoms with E-state index in [1.54, 1.807) is 0 Å². The van der Waals surface area contributed by atoms with Gasteiger partial charge in [0.15, 0.2) is 6.54 Å². The van der Waals surface area contributed by atoms with Gasteiger partial charge >= 0.3 is 0 Å². The van der Waals surface area contributed by atoms with E-state index in [1.165, 1.54) is 61.2 Å². The first-order valence-electron chi connectivity index (χ1n) is 9.37. The molecular weight excluding hydrogens is 284 g/mol. The molecule has 2 fully saturated rings. The average molecular weight is 315 g/mol. The number of carbonyl (C=O) groups excluding carboxylic acids is 1. The molecule has 3 atom stereocenters. The summed E-state index contributed by atoms with van der Waals surface area (Å²) >= 11 is 0. The lowest BCUT2D eigenvalue weighted by Crippen LogP contribution is -3.15. The molecule has 1 heterocycles. The van der Waals surface area contributed by atoms with Crippen molar-refractivity contribution >= 4 is 5.91 Å². The normalized spacial score (nSPS) is 27.3. The molecule has 1 aliphatic heterocycles. The van der Waals surface area contributed by atoms with Crippen LogP contribution in [0.15, 0.2) is 24.3 Å². The molecule has 3 nitrogen and oxygen atoms in total. The standard InChI is InChI=1S/C20H30N2O/c1-16-6-2-3-7-17(16)10-12-21-20(23)15-22-13-11-18-8-4-5-9-19(18)14-22/h2-3,6-7,18-19H,4-5,8-15H2,1H3,(H,21,23)/p+1/t18-,19-/m1/s1. The highest BCUT2D eigenvalue weighted by Gasteiger charge is 2.34. The van der Waals surface area contributed by atoms with Crippen molar-refractivity contribution in [1.82, 2.24) is 5.32 Å². The Morgan fingerprint density at radius 1 is 1.17 bits per heavy atom. The molecule has 1 aliphatic carbocycles. The number of amides is 1. The Balaban J connectivity index is 1.39. The van der Waals surface area contributed by atoms with E-state index in [0.717, 1.165) is 24.8 Å². The van der Waals surface area contributed by atoms with Crippen LogP contribution in [0.3, 0.4) is 0 Å². The molecule has 2 aliphatic rings. The van der Waals surface area contributed by atoms with Crippen molar-refractivity contribution in [2.24, 2.45) is 11.8 Å². The van der Waals surface area contributed by atoms with Gasteiger partial charge in [-0.3, -0.25) is 4.79 Å². The van der Waals surface area contributed by atoms with Gasteiger partial charge in [-0.1, -0.05) is 37.1 Å². The number of piperidine rings is 1. The highest BCUT2D eigenvalue weighted by Crippen LogP contribution is 2.32. The zero-order valence-electron chi connectivity index (χ0n) is 14.4. The first-order chi connectivity index (χ1) is 11.2. The summed E-state index contributed by atoms with van der Waals surface area (Å²) in [7, 11) is 0. The molecule has 1 amide bonds. The minimum atomic E-state index is 0.225. The molecule has 1 saturated heterocycles. The molecule has 23 heavy (non-hydrogen) atoms. The Morgan fingerprint density at radius 3 is 2.78 bits per heavy atom. The molecule has 1 aromatic rings. The van der Waals surface area contributed by atoms with Crippen LogP contribution in [-0.2, 0) is 11.2 Å². The zero-order chi connectivity index (χ0) is 16.1. The Morgan fingerprint density at radius 2 is 1.96 bits per heavy atom. The summed E-state index contributed by atoms with van der Waals surface area (Å²) in [4.78, 5) is 13.7. The maximum Gasteiger partial charge on any atom is 0.275 e. The van der Waals surface area contributed by atoms with Gasteiger partial charge in [0.05, 0.1) is 13.1 Å². The van der Waals surface area contributed by atoms with Crippen LogP contribution in [0, 0.1) is 18.8 Å². The van der Waals surface area contributed by atoms with Crippen molar-refractivity contribution in [2.45, 2.75) is 45.4 Å². The zero-order valence-corrected chi connectivity index (χ0v) is 14.4. The van der Waals surface area contributed by atoms with Gasteiger partial charge in [0.2, 0.25) is 0 Å². The maximum absolute atomic E-state index is 12.2. The quantitative estimate of drug-likeness (QED) is 0.853. The van der Waals surface area contributed by atoms with Crippen LogP contribution in [0.1, 0.15) is 43.2 Å². The number of fused-ring (bicyclic) bond motifs is 1. The number of nitrogens with one attached hydrogen (secondary N) is 2. The predicted molar refractivity (Wildman–Crippen MR) is 93.5 cm³/mol. The number of carbonyl (C=O) groups is 1. The Kier molecular flexibility index (Phi) is 5.71. The van der Waals surface area contributed by atoms with Gasteiger partial charge in [0.25, 0.3) is 5.91 Å². The summed E-state index contributed by atoms with van der Waals surface area (Å²) in [5, 5.41) is 3.12. The van der Waals surface area contributed by atoms with E-state index < -0.39 is 0 Å². The molecule has 0 spiro atoms. The van der Waals surface area contributed by atoms with Crippen LogP contribution in [0.5, 0.6) is 0 Å². The van der Waals surface area contributed by atoms with Crippen LogP contribution in [0.2, 0.25) is 0 Å². The fraction of sp³-hybridized carbons (Fsp3) is 0.650. The minimum absolute atomic E-state index is 0.225. The third kappa shape index (κ3) is 4.57. The molecule has 3 rings (SSSR count). The number of benzene rings is 1. The number of likely N-dealkylation sites (tertiary alicyclic amines) is 1. The van der Waals surface area contributed by atoms with Crippen molar-refractivity contribution in [3.8, 4) is 0 Å². The van der Waals surface area contributed by atoms with Gasteiger partial charge in [0, 0.05) is 12.5 Å². The molecule has 126 valence electrons. The molecule has 1 unspecified atom stereocenters. The summed E-state index contributed by atoms with van der Waals surface area (Å²) in [5.74, 6) is 2.06. The smallest absolute Gasteiger partial charge is 0.275 e. The van der Waals surface area contributed by atoms with Crippen LogP contribution in [0.4, 0.5) is 0 Å². The first kappa shape index (κ1) is 16.5. The van der Waals surface area contributed by atoms with E-state index in [1.807, 2.05) is 0 Å². The average Bonchev–Trinajstić information content (AvgIpc) is 2.56. The highest BCUT2D eigenvalue weighted by atomic mass is 16.2. The van der Waals surface area contributed by atoms with Crippen molar-refractivity contribution in [1.29, 1.82) is 0 Å². The lowest BCUT2D eigenvalue weighted by molar-refractivity contribution is -0.902. The third-order valence-electron chi connectivity index (χ3n) is 5.87. The molecule has 1 aromatic carbocycles. The summed E-state index contributed by atoms with van der Waals surface area (Å²) < 4.78 is 0. The van der Waals surface area contributed by atoms with E-state index in [0.29, 0.717) is 6.54 Å². The second-order valence-electron chi connectivity index (χ2n) is 7.50. The fourth-order valence-corrected chi connectivity index (χ4v) is 4.47. The maximum atomic E-state index is 12.2. The van der Waals surface area contributed by atoms with Gasteiger partial charge in [-0.25, -0.2) is 0 Å². The van der Waals surface area contributed by atoms with Crippen molar-refractivity contribution < 1.29 is 9.69 Å². The summed E-state index contributed by atoms with van der Waals surface area (Å²) in [6, 6.07) is 8.43. The van der Waals surface area contributed by atoms with Crippen LogP contribution in [0.25, 0.3) is 0 Å². The topological polar surface area (TPSA) is 33.5 Å². The fourth-order valence-electron chi connectivity index (χ4n) is 4.47. The second kappa shape index (κ2) is 7.96. The summed E-state index contributed by atoms with van der Waals surface area (Å²) in [6.45, 7) is 5.96. The largest absolute Gasteiger partial charge is 0.351 e. The Labute approximate surface area is 140 Å². The molecule has 0 bridgehead atoms. The van der Waals surface area contributed by atoms with Gasteiger partial charge < -0.3 is 10.2 Å². The molecule has 0 aromatic heterocycles. The lowest BCUT2D eigenvalue weighted by Gasteiger charge is -2.38.